The fourth-order valence-corrected chi connectivity index (χ4v) is 0.647. The molecular formula is C9H13FO. The summed E-state index contributed by atoms with van der Waals surface area (Å²) in [5.74, 6) is 0. The Balaban J connectivity index is 3.93. The van der Waals surface area contributed by atoms with Crippen molar-refractivity contribution in [3.05, 3.63) is 23.8 Å². The lowest BCUT2D eigenvalue weighted by Gasteiger charge is -1.88. The fraction of sp³-hybridized carbons (Fsp3) is 0.444. The predicted octanol–water partition coefficient (Wildman–Crippen LogP) is 2.44. The summed E-state index contributed by atoms with van der Waals surface area (Å²) >= 11 is 0. The van der Waals surface area contributed by atoms with Crippen molar-refractivity contribution in [1.29, 1.82) is 0 Å². The van der Waals surface area contributed by atoms with Gasteiger partial charge in [0.1, 0.15) is 13.0 Å². The number of unbranched alkanes of at least 4 members (excludes halogenated alkanes) is 1. The molecule has 0 aromatic carbocycles. The second-order valence-corrected chi connectivity index (χ2v) is 2.17. The Bertz CT molecular complexity index is 159. The minimum atomic E-state index is -0.517. The maximum absolute atomic E-state index is 11.6. The second-order valence-electron chi connectivity index (χ2n) is 2.17. The molecule has 0 unspecified atom stereocenters. The third-order valence-corrected chi connectivity index (χ3v) is 1.20. The molecule has 1 nitrogen and oxygen atoms in total. The molecule has 0 rings (SSSR count). The van der Waals surface area contributed by atoms with Crippen LogP contribution < -0.4 is 0 Å². The van der Waals surface area contributed by atoms with Crippen LogP contribution >= 0.6 is 0 Å². The highest BCUT2D eigenvalue weighted by atomic mass is 19.1. The largest absolute Gasteiger partial charge is 0.298 e. The van der Waals surface area contributed by atoms with Crippen LogP contribution in [0.5, 0.6) is 0 Å². The van der Waals surface area contributed by atoms with E-state index in [1.54, 1.807) is 6.08 Å². The van der Waals surface area contributed by atoms with Crippen molar-refractivity contribution in [2.45, 2.75) is 19.8 Å². The summed E-state index contributed by atoms with van der Waals surface area (Å²) in [6.45, 7) is 1.51. The second kappa shape index (κ2) is 7.19. The zero-order chi connectivity index (χ0) is 8.53. The van der Waals surface area contributed by atoms with Gasteiger partial charge in [-0.15, -0.1) is 0 Å². The minimum Gasteiger partial charge on any atom is -0.298 e. The monoisotopic (exact) mass is 156 g/mol. The van der Waals surface area contributed by atoms with Gasteiger partial charge in [0.05, 0.1) is 0 Å². The fourth-order valence-electron chi connectivity index (χ4n) is 0.647. The smallest absolute Gasteiger partial charge is 0.149 e. The van der Waals surface area contributed by atoms with E-state index in [0.29, 0.717) is 5.57 Å². The van der Waals surface area contributed by atoms with Gasteiger partial charge in [0.15, 0.2) is 0 Å². The number of carbonyl (C=O) groups is 1. The van der Waals surface area contributed by atoms with Crippen molar-refractivity contribution < 1.29 is 9.18 Å². The Kier molecular flexibility index (Phi) is 6.59. The normalized spacial score (nSPS) is 12.4. The van der Waals surface area contributed by atoms with E-state index in [2.05, 4.69) is 0 Å². The first-order valence-electron chi connectivity index (χ1n) is 3.73. The first-order valence-corrected chi connectivity index (χ1v) is 3.73. The van der Waals surface area contributed by atoms with Gasteiger partial charge in [-0.1, -0.05) is 31.6 Å². The molecule has 0 aliphatic rings. The molecular weight excluding hydrogens is 143 g/mol. The van der Waals surface area contributed by atoms with Gasteiger partial charge in [-0.2, -0.15) is 0 Å². The third-order valence-electron chi connectivity index (χ3n) is 1.20. The van der Waals surface area contributed by atoms with Gasteiger partial charge in [0.25, 0.3) is 0 Å². The number of aldehydes is 1. The Labute approximate surface area is 66.6 Å². The van der Waals surface area contributed by atoms with Crippen molar-refractivity contribution in [3.63, 3.8) is 0 Å². The van der Waals surface area contributed by atoms with E-state index < -0.39 is 6.67 Å². The lowest BCUT2D eigenvalue weighted by molar-refractivity contribution is -0.104. The van der Waals surface area contributed by atoms with Crippen LogP contribution in [0.4, 0.5) is 4.39 Å². The molecule has 0 radical (unpaired) electrons. The van der Waals surface area contributed by atoms with E-state index in [1.165, 1.54) is 12.2 Å². The number of hydrogen-bond acceptors (Lipinski definition) is 1. The highest BCUT2D eigenvalue weighted by molar-refractivity contribution is 5.77. The molecule has 0 bridgehead atoms. The van der Waals surface area contributed by atoms with Crippen molar-refractivity contribution in [3.8, 4) is 0 Å². The van der Waals surface area contributed by atoms with Crippen LogP contribution in [-0.4, -0.2) is 13.0 Å². The average molecular weight is 156 g/mol. The number of alkyl halides is 1. The van der Waals surface area contributed by atoms with Crippen LogP contribution in [0.2, 0.25) is 0 Å². The summed E-state index contributed by atoms with van der Waals surface area (Å²) in [6, 6.07) is 0. The van der Waals surface area contributed by atoms with E-state index >= 15 is 0 Å². The zero-order valence-electron chi connectivity index (χ0n) is 6.72. The molecule has 0 saturated heterocycles. The maximum atomic E-state index is 11.6. The quantitative estimate of drug-likeness (QED) is 0.339. The van der Waals surface area contributed by atoms with Crippen molar-refractivity contribution in [2.24, 2.45) is 0 Å². The number of hydrogen-bond donors (Lipinski definition) is 0. The Morgan fingerprint density at radius 1 is 1.55 bits per heavy atom. The molecule has 62 valence electrons. The lowest BCUT2D eigenvalue weighted by atomic mass is 10.2. The van der Waals surface area contributed by atoms with Gasteiger partial charge < -0.3 is 0 Å². The Morgan fingerprint density at radius 3 is 2.73 bits per heavy atom. The summed E-state index contributed by atoms with van der Waals surface area (Å²) in [5, 5.41) is 0. The van der Waals surface area contributed by atoms with Gasteiger partial charge in [0, 0.05) is 5.57 Å². The van der Waals surface area contributed by atoms with Crippen molar-refractivity contribution in [1.82, 2.24) is 0 Å². The van der Waals surface area contributed by atoms with E-state index in [-0.39, 0.29) is 0 Å². The highest BCUT2D eigenvalue weighted by Crippen LogP contribution is 1.97. The molecule has 0 fully saturated rings. The lowest BCUT2D eigenvalue weighted by Crippen LogP contribution is -1.79. The van der Waals surface area contributed by atoms with Gasteiger partial charge in [0.2, 0.25) is 0 Å². The standard InChI is InChI=1S/C9H13FO/c1-2-3-5-9(8-11)6-4-7-10/h4-6,8H,2-3,7H2,1H3/b6-4-,9-5+. The molecule has 0 heterocycles. The van der Waals surface area contributed by atoms with Gasteiger partial charge >= 0.3 is 0 Å². The summed E-state index contributed by atoms with van der Waals surface area (Å²) in [6.07, 6.45) is 7.24. The first kappa shape index (κ1) is 10.1. The van der Waals surface area contributed by atoms with E-state index in [1.807, 2.05) is 6.92 Å². The van der Waals surface area contributed by atoms with Gasteiger partial charge in [-0.05, 0) is 6.42 Å². The van der Waals surface area contributed by atoms with E-state index in [0.717, 1.165) is 19.1 Å². The Hall–Kier alpha value is -0.920. The van der Waals surface area contributed by atoms with Crippen molar-refractivity contribution in [2.75, 3.05) is 6.67 Å². The molecule has 2 heteroatoms. The number of carbonyl (C=O) groups excluding carboxylic acids is 1. The van der Waals surface area contributed by atoms with E-state index in [4.69, 9.17) is 0 Å². The van der Waals surface area contributed by atoms with Crippen molar-refractivity contribution >= 4 is 6.29 Å². The Morgan fingerprint density at radius 2 is 2.27 bits per heavy atom. The predicted molar refractivity (Wildman–Crippen MR) is 44.2 cm³/mol. The highest BCUT2D eigenvalue weighted by Gasteiger charge is 1.86. The molecule has 0 atom stereocenters. The topological polar surface area (TPSA) is 17.1 Å². The zero-order valence-corrected chi connectivity index (χ0v) is 6.72. The molecule has 0 spiro atoms. The summed E-state index contributed by atoms with van der Waals surface area (Å²) < 4.78 is 11.6. The molecule has 11 heavy (non-hydrogen) atoms. The molecule has 0 aromatic rings. The summed E-state index contributed by atoms with van der Waals surface area (Å²) in [5.41, 5.74) is 0.560. The third kappa shape index (κ3) is 5.52. The first-order chi connectivity index (χ1) is 5.35. The van der Waals surface area contributed by atoms with Crippen LogP contribution in [0.15, 0.2) is 23.8 Å². The minimum absolute atomic E-state index is 0.517. The number of allylic oxidation sites excluding steroid dienone is 4. The van der Waals surface area contributed by atoms with Crippen LogP contribution in [0.1, 0.15) is 19.8 Å². The maximum Gasteiger partial charge on any atom is 0.149 e. The van der Waals surface area contributed by atoms with Crippen LogP contribution in [-0.2, 0) is 4.79 Å². The molecule has 0 aliphatic heterocycles. The SMILES string of the molecule is CCC/C=C(C=O)\C=C/CF. The van der Waals surface area contributed by atoms with Gasteiger partial charge in [-0.25, -0.2) is 4.39 Å². The summed E-state index contributed by atoms with van der Waals surface area (Å²) in [4.78, 5) is 10.3. The number of halogens is 1. The van der Waals surface area contributed by atoms with Gasteiger partial charge in [-0.3, -0.25) is 4.79 Å². The van der Waals surface area contributed by atoms with Crippen LogP contribution in [0, 0.1) is 0 Å². The number of rotatable bonds is 5. The summed E-state index contributed by atoms with van der Waals surface area (Å²) in [7, 11) is 0. The molecule has 0 aliphatic carbocycles. The molecule has 0 N–H and O–H groups in total. The van der Waals surface area contributed by atoms with Crippen LogP contribution in [0.25, 0.3) is 0 Å². The molecule has 0 saturated carbocycles. The average Bonchev–Trinajstić information content (AvgIpc) is 2.05. The molecule has 0 aromatic heterocycles. The molecule has 0 amide bonds. The van der Waals surface area contributed by atoms with E-state index in [9.17, 15) is 9.18 Å². The van der Waals surface area contributed by atoms with Crippen LogP contribution in [0.3, 0.4) is 0 Å².